The molecule has 0 saturated heterocycles. The highest BCUT2D eigenvalue weighted by molar-refractivity contribution is 5.75. The van der Waals surface area contributed by atoms with E-state index in [2.05, 4.69) is 51.7 Å². The van der Waals surface area contributed by atoms with E-state index in [9.17, 15) is 4.79 Å². The van der Waals surface area contributed by atoms with Crippen LogP contribution in [0.25, 0.3) is 21.6 Å². The van der Waals surface area contributed by atoms with Crippen LogP contribution < -0.4 is 5.32 Å². The molecule has 0 bridgehead atoms. The molecule has 0 aliphatic carbocycles. The lowest BCUT2D eigenvalue weighted by molar-refractivity contribution is -0.121. The number of unbranched alkanes of at least 4 members (excludes halogenated alkanes) is 5. The highest BCUT2D eigenvalue weighted by Gasteiger charge is 2.02. The lowest BCUT2D eigenvalue weighted by Crippen LogP contribution is -2.22. The summed E-state index contributed by atoms with van der Waals surface area (Å²) in [7, 11) is 0. The fourth-order valence-corrected chi connectivity index (χ4v) is 2.95. The van der Waals surface area contributed by atoms with Gasteiger partial charge in [0.05, 0.1) is 0 Å². The molecular formula is C22H28N4O. The number of nitrogens with one attached hydrogen (secondary N) is 1. The van der Waals surface area contributed by atoms with Gasteiger partial charge in [-0.05, 0) is 35.1 Å². The number of rotatable bonds is 12. The molecule has 2 aromatic rings. The predicted molar refractivity (Wildman–Crippen MR) is 110 cm³/mol. The first-order valence-corrected chi connectivity index (χ1v) is 9.71. The second-order valence-corrected chi connectivity index (χ2v) is 6.67. The largest absolute Gasteiger partial charge is 0.352 e. The van der Waals surface area contributed by atoms with Crippen molar-refractivity contribution < 1.29 is 4.79 Å². The van der Waals surface area contributed by atoms with Crippen LogP contribution in [0, 0.1) is 0 Å². The van der Waals surface area contributed by atoms with Gasteiger partial charge in [-0.15, -0.1) is 0 Å². The molecule has 5 nitrogen and oxygen atoms in total. The maximum atomic E-state index is 12.0. The van der Waals surface area contributed by atoms with Crippen molar-refractivity contribution in [3.63, 3.8) is 0 Å². The van der Waals surface area contributed by atoms with Crippen molar-refractivity contribution in [2.75, 3.05) is 6.54 Å². The monoisotopic (exact) mass is 364 g/mol. The van der Waals surface area contributed by atoms with Crippen molar-refractivity contribution in [2.24, 2.45) is 5.11 Å². The molecule has 2 aromatic carbocycles. The highest BCUT2D eigenvalue weighted by atomic mass is 16.1. The summed E-state index contributed by atoms with van der Waals surface area (Å²) in [6.07, 6.45) is 6.88. The molecule has 142 valence electrons. The smallest absolute Gasteiger partial charge is 0.220 e. The van der Waals surface area contributed by atoms with Crippen LogP contribution in [0.15, 0.2) is 59.7 Å². The molecule has 0 saturated carbocycles. The first-order valence-electron chi connectivity index (χ1n) is 9.71. The van der Waals surface area contributed by atoms with Gasteiger partial charge >= 0.3 is 0 Å². The Kier molecular flexibility index (Phi) is 9.55. The van der Waals surface area contributed by atoms with E-state index in [0.29, 0.717) is 19.5 Å². The van der Waals surface area contributed by atoms with Gasteiger partial charge in [0.1, 0.15) is 0 Å². The Bertz CT molecular complexity index is 722. The third-order valence-corrected chi connectivity index (χ3v) is 4.53. The zero-order chi connectivity index (χ0) is 19.2. The summed E-state index contributed by atoms with van der Waals surface area (Å²) in [6, 6.07) is 18.6. The van der Waals surface area contributed by atoms with Gasteiger partial charge in [0, 0.05) is 24.4 Å². The van der Waals surface area contributed by atoms with Crippen LogP contribution >= 0.6 is 0 Å². The van der Waals surface area contributed by atoms with Crippen LogP contribution in [0.3, 0.4) is 0 Å². The van der Waals surface area contributed by atoms with Gasteiger partial charge in [0.2, 0.25) is 5.91 Å². The van der Waals surface area contributed by atoms with Crippen molar-refractivity contribution in [3.05, 3.63) is 70.6 Å². The zero-order valence-corrected chi connectivity index (χ0v) is 15.8. The van der Waals surface area contributed by atoms with E-state index in [1.165, 1.54) is 11.1 Å². The molecule has 0 aliphatic rings. The first kappa shape index (κ1) is 20.5. The Hall–Kier alpha value is -2.78. The van der Waals surface area contributed by atoms with E-state index >= 15 is 0 Å². The minimum Gasteiger partial charge on any atom is -0.352 e. The quantitative estimate of drug-likeness (QED) is 0.213. The standard InChI is InChI=1S/C22H28N4O/c23-26-25-17-9-4-2-1-3-8-12-22(27)24-18-19-13-15-21(16-14-19)20-10-6-5-7-11-20/h5-7,10-11,13-16H,1-4,8-9,12,17-18H2,(H,24,27). The Morgan fingerprint density at radius 1 is 0.852 bits per heavy atom. The molecule has 27 heavy (non-hydrogen) atoms. The Labute approximate surface area is 161 Å². The van der Waals surface area contributed by atoms with Crippen LogP contribution in [0.4, 0.5) is 0 Å². The van der Waals surface area contributed by atoms with E-state index in [4.69, 9.17) is 5.53 Å². The van der Waals surface area contributed by atoms with Crippen molar-refractivity contribution >= 4 is 5.91 Å². The molecule has 0 aliphatic heterocycles. The third kappa shape index (κ3) is 8.43. The number of nitrogens with zero attached hydrogens (tertiary/aromatic N) is 3. The fraction of sp³-hybridized carbons (Fsp3) is 0.409. The predicted octanol–water partition coefficient (Wildman–Crippen LogP) is 6.01. The minimum atomic E-state index is 0.116. The van der Waals surface area contributed by atoms with Gasteiger partial charge in [-0.25, -0.2) is 0 Å². The number of carbonyl (C=O) groups is 1. The van der Waals surface area contributed by atoms with Crippen molar-refractivity contribution in [2.45, 2.75) is 51.5 Å². The van der Waals surface area contributed by atoms with Crippen LogP contribution in [-0.2, 0) is 11.3 Å². The number of hydrogen-bond donors (Lipinski definition) is 1. The molecular weight excluding hydrogens is 336 g/mol. The average Bonchev–Trinajstić information content (AvgIpc) is 2.72. The van der Waals surface area contributed by atoms with Crippen LogP contribution in [0.5, 0.6) is 0 Å². The second-order valence-electron chi connectivity index (χ2n) is 6.67. The molecule has 0 atom stereocenters. The summed E-state index contributed by atoms with van der Waals surface area (Å²) in [5, 5.41) is 6.52. The Morgan fingerprint density at radius 2 is 1.48 bits per heavy atom. The molecule has 0 fully saturated rings. The molecule has 0 radical (unpaired) electrons. The summed E-state index contributed by atoms with van der Waals surface area (Å²) in [5.41, 5.74) is 11.7. The van der Waals surface area contributed by atoms with Crippen molar-refractivity contribution in [1.82, 2.24) is 5.32 Å². The van der Waals surface area contributed by atoms with Crippen LogP contribution in [-0.4, -0.2) is 12.5 Å². The summed E-state index contributed by atoms with van der Waals surface area (Å²) in [6.45, 7) is 1.17. The molecule has 0 spiro atoms. The Morgan fingerprint density at radius 3 is 2.19 bits per heavy atom. The maximum Gasteiger partial charge on any atom is 0.220 e. The van der Waals surface area contributed by atoms with Gasteiger partial charge in [-0.3, -0.25) is 4.79 Å². The summed E-state index contributed by atoms with van der Waals surface area (Å²) in [4.78, 5) is 14.7. The fourth-order valence-electron chi connectivity index (χ4n) is 2.95. The topological polar surface area (TPSA) is 77.9 Å². The number of amides is 1. The molecule has 5 heteroatoms. The van der Waals surface area contributed by atoms with Gasteiger partial charge in [-0.2, -0.15) is 0 Å². The van der Waals surface area contributed by atoms with Crippen LogP contribution in [0.2, 0.25) is 0 Å². The third-order valence-electron chi connectivity index (χ3n) is 4.53. The maximum absolute atomic E-state index is 12.0. The van der Waals surface area contributed by atoms with E-state index in [1.54, 1.807) is 0 Å². The van der Waals surface area contributed by atoms with Gasteiger partial charge in [0.25, 0.3) is 0 Å². The molecule has 2 rings (SSSR count). The zero-order valence-electron chi connectivity index (χ0n) is 15.8. The number of azide groups is 1. The number of hydrogen-bond acceptors (Lipinski definition) is 2. The van der Waals surface area contributed by atoms with E-state index in [1.807, 2.05) is 18.2 Å². The minimum absolute atomic E-state index is 0.116. The average molecular weight is 364 g/mol. The number of carbonyl (C=O) groups excluding carboxylic acids is 1. The van der Waals surface area contributed by atoms with E-state index < -0.39 is 0 Å². The molecule has 0 heterocycles. The molecule has 0 aromatic heterocycles. The highest BCUT2D eigenvalue weighted by Crippen LogP contribution is 2.19. The SMILES string of the molecule is [N-]=[N+]=NCCCCCCCCC(=O)NCc1ccc(-c2ccccc2)cc1. The van der Waals surface area contributed by atoms with Gasteiger partial charge in [-0.1, -0.05) is 85.4 Å². The van der Waals surface area contributed by atoms with Crippen molar-refractivity contribution in [1.29, 1.82) is 0 Å². The summed E-state index contributed by atoms with van der Waals surface area (Å²) >= 11 is 0. The Balaban J connectivity index is 1.57. The molecule has 1 N–H and O–H groups in total. The van der Waals surface area contributed by atoms with Gasteiger partial charge in [0.15, 0.2) is 0 Å². The molecule has 1 amide bonds. The normalized spacial score (nSPS) is 10.2. The lowest BCUT2D eigenvalue weighted by Gasteiger charge is -2.07. The first-order chi connectivity index (χ1) is 13.3. The van der Waals surface area contributed by atoms with Gasteiger partial charge < -0.3 is 5.32 Å². The van der Waals surface area contributed by atoms with E-state index in [-0.39, 0.29) is 5.91 Å². The molecule has 0 unspecified atom stereocenters. The number of benzene rings is 2. The lowest BCUT2D eigenvalue weighted by atomic mass is 10.0. The van der Waals surface area contributed by atoms with Crippen LogP contribution in [0.1, 0.15) is 50.5 Å². The van der Waals surface area contributed by atoms with E-state index in [0.717, 1.165) is 44.1 Å². The second kappa shape index (κ2) is 12.6. The summed E-state index contributed by atoms with van der Waals surface area (Å²) < 4.78 is 0. The van der Waals surface area contributed by atoms with Crippen molar-refractivity contribution in [3.8, 4) is 11.1 Å². The summed E-state index contributed by atoms with van der Waals surface area (Å²) in [5.74, 6) is 0.116.